The topological polar surface area (TPSA) is 80.0 Å². The molecule has 0 aliphatic carbocycles. The molecule has 1 aromatic heterocycles. The van der Waals surface area contributed by atoms with Gasteiger partial charge in [-0.05, 0) is 30.2 Å². The quantitative estimate of drug-likeness (QED) is 0.583. The van der Waals surface area contributed by atoms with E-state index < -0.39 is 0 Å². The second-order valence-electron chi connectivity index (χ2n) is 4.31. The number of nitrogens with one attached hydrogen (secondary N) is 2. The van der Waals surface area contributed by atoms with Crippen LogP contribution in [-0.4, -0.2) is 17.4 Å². The molecule has 0 saturated carbocycles. The van der Waals surface area contributed by atoms with E-state index in [2.05, 4.69) is 15.7 Å². The highest BCUT2D eigenvalue weighted by Gasteiger charge is 2.10. The molecular formula is C14H14Cl2N4O. The molecule has 110 valence electrons. The van der Waals surface area contributed by atoms with Crippen LogP contribution in [0.5, 0.6) is 0 Å². The summed E-state index contributed by atoms with van der Waals surface area (Å²) in [4.78, 5) is 16.0. The Bertz CT molecular complexity index is 649. The molecule has 0 aliphatic rings. The lowest BCUT2D eigenvalue weighted by Crippen LogP contribution is -2.27. The van der Waals surface area contributed by atoms with Crippen molar-refractivity contribution in [3.63, 3.8) is 0 Å². The van der Waals surface area contributed by atoms with Gasteiger partial charge in [0.1, 0.15) is 0 Å². The molecule has 0 atom stereocenters. The molecule has 0 spiro atoms. The maximum atomic E-state index is 12.1. The summed E-state index contributed by atoms with van der Waals surface area (Å²) in [5, 5.41) is 3.98. The lowest BCUT2D eigenvalue weighted by molar-refractivity contribution is 0.0955. The second-order valence-corrected chi connectivity index (χ2v) is 5.15. The zero-order valence-electron chi connectivity index (χ0n) is 11.1. The van der Waals surface area contributed by atoms with E-state index in [-0.39, 0.29) is 5.91 Å². The Morgan fingerprint density at radius 3 is 2.81 bits per heavy atom. The van der Waals surface area contributed by atoms with Crippen molar-refractivity contribution in [2.24, 2.45) is 5.84 Å². The van der Waals surface area contributed by atoms with Gasteiger partial charge in [0.2, 0.25) is 0 Å². The first kappa shape index (κ1) is 15.6. The predicted octanol–water partition coefficient (Wildman–Crippen LogP) is 2.65. The van der Waals surface area contributed by atoms with Gasteiger partial charge in [-0.2, -0.15) is 0 Å². The third-order valence-electron chi connectivity index (χ3n) is 2.92. The average Bonchev–Trinajstić information content (AvgIpc) is 2.49. The van der Waals surface area contributed by atoms with Crippen LogP contribution in [-0.2, 0) is 6.42 Å². The smallest absolute Gasteiger partial charge is 0.253 e. The van der Waals surface area contributed by atoms with E-state index in [1.54, 1.807) is 18.2 Å². The van der Waals surface area contributed by atoms with Gasteiger partial charge in [-0.15, -0.1) is 0 Å². The largest absolute Gasteiger partial charge is 0.352 e. The Hall–Kier alpha value is -1.82. The molecule has 7 heteroatoms. The van der Waals surface area contributed by atoms with Crippen LogP contribution >= 0.6 is 23.2 Å². The summed E-state index contributed by atoms with van der Waals surface area (Å²) >= 11 is 11.9. The monoisotopic (exact) mass is 324 g/mol. The number of anilines is 1. The molecule has 1 aromatic carbocycles. The number of hydrogen-bond donors (Lipinski definition) is 3. The van der Waals surface area contributed by atoms with Crippen LogP contribution < -0.4 is 16.6 Å². The number of amides is 1. The minimum atomic E-state index is -0.226. The SMILES string of the molecule is NNc1cnccc1C(=O)NCCc1ccc(Cl)cc1Cl. The van der Waals surface area contributed by atoms with Crippen molar-refractivity contribution in [1.29, 1.82) is 0 Å². The first-order valence-electron chi connectivity index (χ1n) is 6.24. The van der Waals surface area contributed by atoms with E-state index in [1.165, 1.54) is 12.4 Å². The number of nitrogen functional groups attached to an aromatic ring is 1. The first-order chi connectivity index (χ1) is 10.1. The summed E-state index contributed by atoms with van der Waals surface area (Å²) in [6.07, 6.45) is 3.63. The first-order valence-corrected chi connectivity index (χ1v) is 7.00. The van der Waals surface area contributed by atoms with E-state index >= 15 is 0 Å². The third-order valence-corrected chi connectivity index (χ3v) is 3.50. The van der Waals surface area contributed by atoms with Gasteiger partial charge in [0.25, 0.3) is 5.91 Å². The lowest BCUT2D eigenvalue weighted by atomic mass is 10.1. The average molecular weight is 325 g/mol. The Kier molecular flexibility index (Phi) is 5.38. The van der Waals surface area contributed by atoms with Crippen molar-refractivity contribution in [3.8, 4) is 0 Å². The molecule has 21 heavy (non-hydrogen) atoms. The fourth-order valence-electron chi connectivity index (χ4n) is 1.84. The lowest BCUT2D eigenvalue weighted by Gasteiger charge is -2.09. The number of nitrogens with two attached hydrogens (primary N) is 1. The molecule has 0 radical (unpaired) electrons. The van der Waals surface area contributed by atoms with Crippen LogP contribution in [0.1, 0.15) is 15.9 Å². The molecular weight excluding hydrogens is 311 g/mol. The van der Waals surface area contributed by atoms with Crippen LogP contribution in [0.25, 0.3) is 0 Å². The van der Waals surface area contributed by atoms with Crippen LogP contribution in [0.2, 0.25) is 10.0 Å². The van der Waals surface area contributed by atoms with Crippen molar-refractivity contribution < 1.29 is 4.79 Å². The molecule has 4 N–H and O–H groups in total. The molecule has 0 saturated heterocycles. The molecule has 0 unspecified atom stereocenters. The Morgan fingerprint density at radius 1 is 1.29 bits per heavy atom. The molecule has 0 fully saturated rings. The van der Waals surface area contributed by atoms with E-state index in [4.69, 9.17) is 29.0 Å². The standard InChI is InChI=1S/C14H14Cl2N4O/c15-10-2-1-9(12(16)7-10)3-6-19-14(21)11-4-5-18-8-13(11)20-17/h1-2,4-5,7-8,20H,3,6,17H2,(H,19,21). The molecule has 1 heterocycles. The number of nitrogens with zero attached hydrogens (tertiary/aromatic N) is 1. The van der Waals surface area contributed by atoms with Crippen molar-refractivity contribution in [2.45, 2.75) is 6.42 Å². The Labute approximate surface area is 132 Å². The van der Waals surface area contributed by atoms with Gasteiger partial charge in [-0.3, -0.25) is 15.6 Å². The number of hydrazine groups is 1. The number of carbonyl (C=O) groups excluding carboxylic acids is 1. The fraction of sp³-hybridized carbons (Fsp3) is 0.143. The summed E-state index contributed by atoms with van der Waals surface area (Å²) in [7, 11) is 0. The number of pyridine rings is 1. The molecule has 0 aliphatic heterocycles. The van der Waals surface area contributed by atoms with E-state index in [1.807, 2.05) is 6.07 Å². The second kappa shape index (κ2) is 7.26. The molecule has 0 bridgehead atoms. The van der Waals surface area contributed by atoms with Crippen LogP contribution in [0, 0.1) is 0 Å². The summed E-state index contributed by atoms with van der Waals surface area (Å²) in [6, 6.07) is 6.89. The van der Waals surface area contributed by atoms with Gasteiger partial charge < -0.3 is 10.7 Å². The van der Waals surface area contributed by atoms with Crippen molar-refractivity contribution >= 4 is 34.8 Å². The highest BCUT2D eigenvalue weighted by Crippen LogP contribution is 2.21. The summed E-state index contributed by atoms with van der Waals surface area (Å²) in [5.74, 6) is 5.12. The third kappa shape index (κ3) is 4.07. The normalized spacial score (nSPS) is 10.2. The van der Waals surface area contributed by atoms with Crippen molar-refractivity contribution in [3.05, 3.63) is 57.8 Å². The summed E-state index contributed by atoms with van der Waals surface area (Å²) < 4.78 is 0. The van der Waals surface area contributed by atoms with E-state index in [9.17, 15) is 4.79 Å². The summed E-state index contributed by atoms with van der Waals surface area (Å²) in [5.41, 5.74) is 4.28. The van der Waals surface area contributed by atoms with Crippen LogP contribution in [0.4, 0.5) is 5.69 Å². The fourth-order valence-corrected chi connectivity index (χ4v) is 2.34. The highest BCUT2D eigenvalue weighted by atomic mass is 35.5. The number of rotatable bonds is 5. The number of carbonyl (C=O) groups is 1. The van der Waals surface area contributed by atoms with E-state index in [0.29, 0.717) is 34.3 Å². The van der Waals surface area contributed by atoms with Gasteiger partial charge in [0, 0.05) is 22.8 Å². The van der Waals surface area contributed by atoms with Gasteiger partial charge in [-0.1, -0.05) is 29.3 Å². The van der Waals surface area contributed by atoms with E-state index in [0.717, 1.165) is 5.56 Å². The van der Waals surface area contributed by atoms with Crippen LogP contribution in [0.15, 0.2) is 36.7 Å². The van der Waals surface area contributed by atoms with Gasteiger partial charge >= 0.3 is 0 Å². The Balaban J connectivity index is 1.95. The zero-order valence-corrected chi connectivity index (χ0v) is 12.6. The minimum absolute atomic E-state index is 0.226. The molecule has 5 nitrogen and oxygen atoms in total. The maximum absolute atomic E-state index is 12.1. The van der Waals surface area contributed by atoms with Crippen molar-refractivity contribution in [1.82, 2.24) is 10.3 Å². The molecule has 1 amide bonds. The number of benzene rings is 1. The zero-order chi connectivity index (χ0) is 15.2. The predicted molar refractivity (Wildman–Crippen MR) is 84.5 cm³/mol. The van der Waals surface area contributed by atoms with Gasteiger partial charge in [-0.25, -0.2) is 0 Å². The van der Waals surface area contributed by atoms with Gasteiger partial charge in [0.15, 0.2) is 0 Å². The van der Waals surface area contributed by atoms with Crippen molar-refractivity contribution in [2.75, 3.05) is 12.0 Å². The number of halogens is 2. The number of aromatic nitrogens is 1. The molecule has 2 aromatic rings. The maximum Gasteiger partial charge on any atom is 0.253 e. The summed E-state index contributed by atoms with van der Waals surface area (Å²) in [6.45, 7) is 0.451. The highest BCUT2D eigenvalue weighted by molar-refractivity contribution is 6.35. The Morgan fingerprint density at radius 2 is 2.10 bits per heavy atom. The number of hydrogen-bond acceptors (Lipinski definition) is 4. The minimum Gasteiger partial charge on any atom is -0.352 e. The van der Waals surface area contributed by atoms with Crippen LogP contribution in [0.3, 0.4) is 0 Å². The van der Waals surface area contributed by atoms with Gasteiger partial charge in [0.05, 0.1) is 17.4 Å². The molecule has 2 rings (SSSR count).